The number of hydrogen-bond donors (Lipinski definition) is 0. The molecule has 0 N–H and O–H groups in total. The van der Waals surface area contributed by atoms with Crippen LogP contribution in [-0.4, -0.2) is 0 Å². The van der Waals surface area contributed by atoms with Gasteiger partial charge >= 0.3 is 0 Å². The molecule has 0 aliphatic heterocycles. The fourth-order valence-electron chi connectivity index (χ4n) is 9.43. The van der Waals surface area contributed by atoms with Crippen molar-refractivity contribution < 1.29 is 0 Å². The third kappa shape index (κ3) is 4.52. The van der Waals surface area contributed by atoms with E-state index >= 15 is 0 Å². The van der Waals surface area contributed by atoms with Gasteiger partial charge in [0.1, 0.15) is 0 Å². The first-order chi connectivity index (χ1) is 26.5. The molecule has 0 aromatic heterocycles. The molecule has 0 radical (unpaired) electrons. The van der Waals surface area contributed by atoms with Crippen LogP contribution < -0.4 is 4.90 Å². The lowest BCUT2D eigenvalue weighted by Gasteiger charge is -2.34. The van der Waals surface area contributed by atoms with E-state index in [1.165, 1.54) is 98.6 Å². The molecule has 1 aliphatic carbocycles. The van der Waals surface area contributed by atoms with E-state index in [0.717, 1.165) is 5.69 Å². The van der Waals surface area contributed by atoms with Crippen LogP contribution in [0.1, 0.15) is 25.0 Å². The number of rotatable bonds is 4. The van der Waals surface area contributed by atoms with Gasteiger partial charge in [0, 0.05) is 16.4 Å². The lowest BCUT2D eigenvalue weighted by Crippen LogP contribution is -2.21. The van der Waals surface area contributed by atoms with E-state index in [2.05, 4.69) is 207 Å². The highest BCUT2D eigenvalue weighted by atomic mass is 15.2. The zero-order chi connectivity index (χ0) is 36.0. The highest BCUT2D eigenvalue weighted by Gasteiger charge is 2.40. The Morgan fingerprint density at radius 3 is 1.72 bits per heavy atom. The second-order valence-electron chi connectivity index (χ2n) is 15.3. The van der Waals surface area contributed by atoms with E-state index in [1.54, 1.807) is 0 Å². The lowest BCUT2D eigenvalue weighted by atomic mass is 9.80. The smallest absolute Gasteiger partial charge is 0.0546 e. The van der Waals surface area contributed by atoms with E-state index < -0.39 is 0 Å². The van der Waals surface area contributed by atoms with Gasteiger partial charge in [0.05, 0.1) is 17.1 Å². The molecule has 0 unspecified atom stereocenters. The number of nitrogens with zero attached hydrogens (tertiary/aromatic N) is 1. The van der Waals surface area contributed by atoms with Crippen molar-refractivity contribution in [2.75, 3.05) is 4.90 Å². The first-order valence-corrected chi connectivity index (χ1v) is 18.9. The summed E-state index contributed by atoms with van der Waals surface area (Å²) in [6.45, 7) is 4.83. The van der Waals surface area contributed by atoms with Crippen molar-refractivity contribution in [2.45, 2.75) is 19.3 Å². The lowest BCUT2D eigenvalue weighted by molar-refractivity contribution is 0.661. The van der Waals surface area contributed by atoms with Gasteiger partial charge in [0.25, 0.3) is 0 Å². The number of hydrogen-bond acceptors (Lipinski definition) is 1. The fraction of sp³-hybridized carbons (Fsp3) is 0.0566. The maximum Gasteiger partial charge on any atom is 0.0546 e. The normalized spacial score (nSPS) is 13.1. The summed E-state index contributed by atoms with van der Waals surface area (Å²) >= 11 is 0. The monoisotopic (exact) mass is 687 g/mol. The fourth-order valence-corrected chi connectivity index (χ4v) is 9.43. The van der Waals surface area contributed by atoms with Crippen LogP contribution in [-0.2, 0) is 5.41 Å². The molecule has 0 saturated carbocycles. The third-order valence-electron chi connectivity index (χ3n) is 11.9. The minimum atomic E-state index is -0.254. The maximum absolute atomic E-state index is 2.60. The zero-order valence-electron chi connectivity index (χ0n) is 30.3. The predicted molar refractivity (Wildman–Crippen MR) is 232 cm³/mol. The van der Waals surface area contributed by atoms with Crippen LogP contribution in [0.5, 0.6) is 0 Å². The minimum Gasteiger partial charge on any atom is -0.309 e. The van der Waals surface area contributed by atoms with Crippen LogP contribution in [0.25, 0.3) is 76.1 Å². The van der Waals surface area contributed by atoms with Crippen LogP contribution in [0.2, 0.25) is 0 Å². The standard InChI is InChI=1S/C53H37N/c1-53(2)47-32-38-18-6-5-17-37(38)31-46(47)45-24-13-25-49(52(45)53)54(50-33-39-19-8-9-20-41(39)43-22-11-12-23-44(43)50)48-29-28-35-15-7-10-21-42(35)51(48)40-27-26-34-14-3-4-16-36(34)30-40/h3-33H,1-2H3. The zero-order valence-corrected chi connectivity index (χ0v) is 30.3. The van der Waals surface area contributed by atoms with Crippen molar-refractivity contribution in [2.24, 2.45) is 0 Å². The molecule has 0 saturated heterocycles. The topological polar surface area (TPSA) is 3.24 Å². The van der Waals surface area contributed by atoms with Crippen LogP contribution in [0, 0.1) is 0 Å². The second-order valence-corrected chi connectivity index (χ2v) is 15.3. The highest BCUT2D eigenvalue weighted by molar-refractivity contribution is 6.16. The summed E-state index contributed by atoms with van der Waals surface area (Å²) in [5.41, 5.74) is 11.1. The van der Waals surface area contributed by atoms with Crippen molar-refractivity contribution in [3.63, 3.8) is 0 Å². The Hall–Kier alpha value is -6.70. The number of benzene rings is 10. The Morgan fingerprint density at radius 1 is 0.352 bits per heavy atom. The van der Waals surface area contributed by atoms with Gasteiger partial charge in [-0.2, -0.15) is 0 Å². The predicted octanol–water partition coefficient (Wildman–Crippen LogP) is 14.9. The maximum atomic E-state index is 2.60. The molecule has 10 aromatic rings. The van der Waals surface area contributed by atoms with Crippen LogP contribution in [0.15, 0.2) is 188 Å². The molecule has 0 heterocycles. The molecule has 1 aliphatic rings. The summed E-state index contributed by atoms with van der Waals surface area (Å²) < 4.78 is 0. The van der Waals surface area contributed by atoms with Crippen LogP contribution >= 0.6 is 0 Å². The molecule has 1 heteroatoms. The van der Waals surface area contributed by atoms with Crippen molar-refractivity contribution in [3.05, 3.63) is 199 Å². The highest BCUT2D eigenvalue weighted by Crippen LogP contribution is 2.57. The summed E-state index contributed by atoms with van der Waals surface area (Å²) in [4.78, 5) is 2.60. The van der Waals surface area contributed by atoms with Crippen LogP contribution in [0.4, 0.5) is 17.1 Å². The molecule has 254 valence electrons. The first kappa shape index (κ1) is 30.9. The molecular formula is C53H37N. The Balaban J connectivity index is 1.29. The minimum absolute atomic E-state index is 0.254. The largest absolute Gasteiger partial charge is 0.309 e. The Kier molecular flexibility index (Phi) is 6.66. The van der Waals surface area contributed by atoms with Gasteiger partial charge in [0.15, 0.2) is 0 Å². The van der Waals surface area contributed by atoms with E-state index in [0.29, 0.717) is 0 Å². The Bertz CT molecular complexity index is 3150. The first-order valence-electron chi connectivity index (χ1n) is 18.9. The summed E-state index contributed by atoms with van der Waals surface area (Å²) in [6.07, 6.45) is 0. The summed E-state index contributed by atoms with van der Waals surface area (Å²) in [5, 5.41) is 12.5. The van der Waals surface area contributed by atoms with Gasteiger partial charge in [-0.1, -0.05) is 166 Å². The van der Waals surface area contributed by atoms with Gasteiger partial charge in [-0.25, -0.2) is 0 Å². The van der Waals surface area contributed by atoms with Gasteiger partial charge in [-0.05, 0) is 113 Å². The molecule has 0 atom stereocenters. The Labute approximate surface area is 315 Å². The summed E-state index contributed by atoms with van der Waals surface area (Å²) in [6, 6.07) is 69.9. The summed E-state index contributed by atoms with van der Waals surface area (Å²) in [7, 11) is 0. The van der Waals surface area contributed by atoms with Crippen molar-refractivity contribution in [1.82, 2.24) is 0 Å². The molecule has 0 fully saturated rings. The average Bonchev–Trinajstić information content (AvgIpc) is 3.45. The van der Waals surface area contributed by atoms with E-state index in [1.807, 2.05) is 0 Å². The van der Waals surface area contributed by atoms with Crippen molar-refractivity contribution >= 4 is 70.9 Å². The van der Waals surface area contributed by atoms with Crippen LogP contribution in [0.3, 0.4) is 0 Å². The number of fused-ring (bicyclic) bond motifs is 9. The van der Waals surface area contributed by atoms with Crippen molar-refractivity contribution in [1.29, 1.82) is 0 Å². The van der Waals surface area contributed by atoms with E-state index in [4.69, 9.17) is 0 Å². The van der Waals surface area contributed by atoms with E-state index in [-0.39, 0.29) is 5.41 Å². The third-order valence-corrected chi connectivity index (χ3v) is 11.9. The molecule has 0 amide bonds. The molecule has 10 aromatic carbocycles. The molecule has 0 bridgehead atoms. The van der Waals surface area contributed by atoms with Crippen molar-refractivity contribution in [3.8, 4) is 22.3 Å². The molecule has 0 spiro atoms. The average molecular weight is 688 g/mol. The van der Waals surface area contributed by atoms with E-state index in [9.17, 15) is 0 Å². The summed E-state index contributed by atoms with van der Waals surface area (Å²) in [5.74, 6) is 0. The Morgan fingerprint density at radius 2 is 0.944 bits per heavy atom. The SMILES string of the molecule is CC1(C)c2cc3ccccc3cc2-c2cccc(N(c3ccc4ccccc4c3-c3ccc4ccccc4c3)c3cc4ccccc4c4ccccc34)c21. The van der Waals surface area contributed by atoms with Gasteiger partial charge in [-0.3, -0.25) is 0 Å². The molecule has 11 rings (SSSR count). The quantitative estimate of drug-likeness (QED) is 0.167. The second kappa shape index (κ2) is 11.7. The van der Waals surface area contributed by atoms with Gasteiger partial charge in [-0.15, -0.1) is 0 Å². The van der Waals surface area contributed by atoms with Gasteiger partial charge < -0.3 is 4.90 Å². The van der Waals surface area contributed by atoms with Gasteiger partial charge in [0.2, 0.25) is 0 Å². The number of anilines is 3. The molecule has 1 nitrogen and oxygen atoms in total. The molecule has 54 heavy (non-hydrogen) atoms. The molecular weight excluding hydrogens is 651 g/mol.